The molecule has 2 bridgehead atoms. The van der Waals surface area contributed by atoms with Gasteiger partial charge in [-0.1, -0.05) is 19.9 Å². The van der Waals surface area contributed by atoms with Crippen molar-refractivity contribution in [2.45, 2.75) is 102 Å². The Bertz CT molecular complexity index is 1420. The lowest BCUT2D eigenvalue weighted by molar-refractivity contribution is -0.277. The van der Waals surface area contributed by atoms with E-state index in [-0.39, 0.29) is 36.9 Å². The van der Waals surface area contributed by atoms with Gasteiger partial charge in [0, 0.05) is 38.9 Å². The number of methoxy groups -OCH3 is 1. The first-order chi connectivity index (χ1) is 22.6. The van der Waals surface area contributed by atoms with Crippen LogP contribution in [0, 0.1) is 23.7 Å². The van der Waals surface area contributed by atoms with Crippen LogP contribution in [0.3, 0.4) is 0 Å². The second-order valence-electron chi connectivity index (χ2n) is 14.3. The summed E-state index contributed by atoms with van der Waals surface area (Å²) >= 11 is 0. The summed E-state index contributed by atoms with van der Waals surface area (Å²) in [5, 5.41) is 32.7. The van der Waals surface area contributed by atoms with Gasteiger partial charge in [-0.2, -0.15) is 0 Å². The summed E-state index contributed by atoms with van der Waals surface area (Å²) in [7, 11) is 3.34. The maximum absolute atomic E-state index is 13.3. The minimum absolute atomic E-state index is 0.132. The van der Waals surface area contributed by atoms with E-state index in [2.05, 4.69) is 18.8 Å². The van der Waals surface area contributed by atoms with Crippen LogP contribution in [0.25, 0.3) is 6.08 Å². The van der Waals surface area contributed by atoms with Crippen LogP contribution in [-0.4, -0.2) is 105 Å². The van der Waals surface area contributed by atoms with Gasteiger partial charge in [0.1, 0.15) is 23.9 Å². The molecule has 13 heteroatoms. The zero-order valence-electron chi connectivity index (χ0n) is 28.8. The topological polar surface area (TPSA) is 168 Å². The number of rotatable bonds is 9. The molecule has 0 spiro atoms. The van der Waals surface area contributed by atoms with Crippen molar-refractivity contribution in [1.29, 1.82) is 0 Å². The SMILES string of the molecule is COC12C=CC(C)(O1)C(OC(=O)C=Cc1cn(C)cn1)CC1C(C=C2COC2OCC(O)C(O)C2OC(C)=O)C(C(C)C)CCC1(C)O. The molecule has 13 nitrogen and oxygen atoms in total. The Morgan fingerprint density at radius 3 is 2.60 bits per heavy atom. The van der Waals surface area contributed by atoms with Gasteiger partial charge in [-0.15, -0.1) is 0 Å². The highest BCUT2D eigenvalue weighted by Crippen LogP contribution is 2.52. The lowest BCUT2D eigenvalue weighted by atomic mass is 9.59. The van der Waals surface area contributed by atoms with Gasteiger partial charge in [0.15, 0.2) is 12.4 Å². The van der Waals surface area contributed by atoms with Crippen molar-refractivity contribution >= 4 is 18.0 Å². The summed E-state index contributed by atoms with van der Waals surface area (Å²) in [5.41, 5.74) is -1.09. The molecule has 1 aromatic rings. The zero-order valence-corrected chi connectivity index (χ0v) is 28.8. The molecule has 0 radical (unpaired) electrons. The smallest absolute Gasteiger partial charge is 0.331 e. The third-order valence-corrected chi connectivity index (χ3v) is 10.4. The van der Waals surface area contributed by atoms with Gasteiger partial charge in [0.2, 0.25) is 5.79 Å². The Hall–Kier alpha value is -2.91. The molecule has 11 atom stereocenters. The quantitative estimate of drug-likeness (QED) is 0.199. The van der Waals surface area contributed by atoms with Crippen molar-refractivity contribution in [3.8, 4) is 0 Å². The molecule has 1 saturated heterocycles. The summed E-state index contributed by atoms with van der Waals surface area (Å²) in [5.74, 6) is -2.82. The zero-order chi connectivity index (χ0) is 35.0. The van der Waals surface area contributed by atoms with E-state index in [0.29, 0.717) is 24.1 Å². The van der Waals surface area contributed by atoms with E-state index >= 15 is 0 Å². The molecule has 48 heavy (non-hydrogen) atoms. The Labute approximate surface area is 281 Å². The van der Waals surface area contributed by atoms with E-state index in [9.17, 15) is 24.9 Å². The summed E-state index contributed by atoms with van der Waals surface area (Å²) in [6.45, 7) is 8.80. The van der Waals surface area contributed by atoms with Crippen LogP contribution in [0.5, 0.6) is 0 Å². The standard InChI is InChI=1S/C35H50N2O11/c1-20(2)24-10-11-33(4,42)26-15-28(47-29(40)9-8-23-16-37(6)19-36-23)34(5)12-13-35(43-7,48-34)22(14-25(24)26)17-44-32-31(46-21(3)38)30(41)27(39)18-45-32/h8-9,12-14,16,19-20,24-28,30-32,39,41-42H,10-11,15,17-18H2,1-7H3. The average Bonchev–Trinajstić information content (AvgIpc) is 3.61. The van der Waals surface area contributed by atoms with Crippen molar-refractivity contribution in [2.75, 3.05) is 20.3 Å². The molecule has 0 amide bonds. The molecule has 4 aliphatic rings. The van der Waals surface area contributed by atoms with Gasteiger partial charge in [0.25, 0.3) is 0 Å². The van der Waals surface area contributed by atoms with E-state index in [0.717, 1.165) is 6.42 Å². The van der Waals surface area contributed by atoms with Crippen LogP contribution in [0.15, 0.2) is 42.4 Å². The predicted octanol–water partition coefficient (Wildman–Crippen LogP) is 2.44. The molecular weight excluding hydrogens is 624 g/mol. The molecular formula is C35H50N2O11. The Balaban J connectivity index is 1.51. The number of aryl methyl sites for hydroxylation is 1. The Morgan fingerprint density at radius 1 is 1.21 bits per heavy atom. The van der Waals surface area contributed by atoms with Crippen molar-refractivity contribution in [2.24, 2.45) is 30.7 Å². The number of fused-ring (bicyclic) bond motifs is 3. The molecule has 1 saturated carbocycles. The first-order valence-electron chi connectivity index (χ1n) is 16.6. The maximum atomic E-state index is 13.3. The number of allylic oxidation sites excluding steroid dienone is 1. The van der Waals surface area contributed by atoms with E-state index in [1.807, 2.05) is 27.0 Å². The minimum atomic E-state index is -1.45. The number of esters is 2. The minimum Gasteiger partial charge on any atom is -0.456 e. The lowest BCUT2D eigenvalue weighted by Crippen LogP contribution is -2.55. The van der Waals surface area contributed by atoms with Crippen LogP contribution in [0.4, 0.5) is 0 Å². The summed E-state index contributed by atoms with van der Waals surface area (Å²) in [4.78, 5) is 29.4. The second-order valence-corrected chi connectivity index (χ2v) is 14.3. The summed E-state index contributed by atoms with van der Waals surface area (Å²) in [6, 6.07) is 0. The number of carbonyl (C=O) groups excluding carboxylic acids is 2. The number of hydrogen-bond donors (Lipinski definition) is 3. The highest BCUT2D eigenvalue weighted by atomic mass is 16.7. The second kappa shape index (κ2) is 14.1. The number of carbonyl (C=O) groups is 2. The summed E-state index contributed by atoms with van der Waals surface area (Å²) in [6.07, 6.45) is 7.63. The highest BCUT2D eigenvalue weighted by Gasteiger charge is 2.56. The molecule has 1 aliphatic carbocycles. The van der Waals surface area contributed by atoms with Gasteiger partial charge in [0.05, 0.1) is 30.8 Å². The molecule has 1 aromatic heterocycles. The average molecular weight is 675 g/mol. The van der Waals surface area contributed by atoms with Gasteiger partial charge in [-0.25, -0.2) is 9.78 Å². The first kappa shape index (κ1) is 36.4. The highest BCUT2D eigenvalue weighted by molar-refractivity contribution is 5.86. The van der Waals surface area contributed by atoms with Crippen molar-refractivity contribution in [3.05, 3.63) is 48.1 Å². The number of ether oxygens (including phenoxy) is 6. The van der Waals surface area contributed by atoms with Crippen LogP contribution in [0.2, 0.25) is 0 Å². The molecule has 266 valence electrons. The fraction of sp³-hybridized carbons (Fsp3) is 0.686. The van der Waals surface area contributed by atoms with Crippen molar-refractivity contribution in [3.63, 3.8) is 0 Å². The van der Waals surface area contributed by atoms with Crippen LogP contribution in [-0.2, 0) is 45.1 Å². The number of nitrogens with zero attached hydrogens (tertiary/aromatic N) is 2. The Morgan fingerprint density at radius 2 is 1.96 bits per heavy atom. The van der Waals surface area contributed by atoms with Gasteiger partial charge < -0.3 is 48.3 Å². The fourth-order valence-corrected chi connectivity index (χ4v) is 7.61. The molecule has 4 heterocycles. The van der Waals surface area contributed by atoms with Crippen LogP contribution >= 0.6 is 0 Å². The van der Waals surface area contributed by atoms with E-state index < -0.39 is 59.6 Å². The molecule has 11 unspecified atom stereocenters. The fourth-order valence-electron chi connectivity index (χ4n) is 7.61. The summed E-state index contributed by atoms with van der Waals surface area (Å²) < 4.78 is 37.9. The Kier molecular flexibility index (Phi) is 10.7. The number of imidazole rings is 1. The molecule has 3 N–H and O–H groups in total. The molecule has 0 aromatic carbocycles. The van der Waals surface area contributed by atoms with E-state index in [1.54, 1.807) is 35.3 Å². The predicted molar refractivity (Wildman–Crippen MR) is 172 cm³/mol. The van der Waals surface area contributed by atoms with Crippen LogP contribution < -0.4 is 0 Å². The monoisotopic (exact) mass is 674 g/mol. The molecule has 2 fully saturated rings. The number of hydrogen-bond acceptors (Lipinski definition) is 12. The van der Waals surface area contributed by atoms with Gasteiger partial charge >= 0.3 is 11.9 Å². The number of aromatic nitrogens is 2. The third-order valence-electron chi connectivity index (χ3n) is 10.4. The van der Waals surface area contributed by atoms with Crippen LogP contribution in [0.1, 0.15) is 59.6 Å². The largest absolute Gasteiger partial charge is 0.456 e. The maximum Gasteiger partial charge on any atom is 0.331 e. The van der Waals surface area contributed by atoms with Crippen molar-refractivity contribution < 1.29 is 53.3 Å². The third kappa shape index (κ3) is 7.47. The first-order valence-corrected chi connectivity index (χ1v) is 16.6. The van der Waals surface area contributed by atoms with E-state index in [4.69, 9.17) is 28.4 Å². The van der Waals surface area contributed by atoms with Gasteiger partial charge in [-0.3, -0.25) is 4.79 Å². The number of aliphatic hydroxyl groups is 3. The molecule has 3 aliphatic heterocycles. The van der Waals surface area contributed by atoms with E-state index in [1.165, 1.54) is 20.1 Å². The normalized spacial score (nSPS) is 39.8. The molecule has 5 rings (SSSR count). The lowest BCUT2D eigenvalue weighted by Gasteiger charge is -2.49. The number of aliphatic hydroxyl groups excluding tert-OH is 2. The van der Waals surface area contributed by atoms with Gasteiger partial charge in [-0.05, 0) is 75.0 Å². The van der Waals surface area contributed by atoms with Crippen molar-refractivity contribution in [1.82, 2.24) is 9.55 Å².